The molecule has 0 spiro atoms. The Labute approximate surface area is 93.4 Å². The van der Waals surface area contributed by atoms with Crippen molar-refractivity contribution in [3.63, 3.8) is 0 Å². The van der Waals surface area contributed by atoms with E-state index in [-0.39, 0.29) is 5.54 Å². The minimum atomic E-state index is -0.383. The molecule has 0 unspecified atom stereocenters. The van der Waals surface area contributed by atoms with E-state index in [0.717, 1.165) is 16.6 Å². The number of H-pyrrole nitrogens is 1. The van der Waals surface area contributed by atoms with Crippen LogP contribution in [0.2, 0.25) is 0 Å². The number of thioether (sulfide) groups is 1. The third-order valence-corrected chi connectivity index (χ3v) is 3.18. The van der Waals surface area contributed by atoms with Crippen LogP contribution in [0.5, 0.6) is 0 Å². The highest BCUT2D eigenvalue weighted by Crippen LogP contribution is 2.29. The molecular formula is C11H15N3S. The molecule has 2 rings (SSSR count). The molecule has 15 heavy (non-hydrogen) atoms. The smallest absolute Gasteiger partial charge is 0.106 e. The standard InChI is InChI=1S/C11H15N3S/c1-11(2,12)10-7-5-4-6-8(15-3)9(7)13-14-10/h4-6H,12H2,1-3H3,(H,13,14). The number of aromatic amines is 1. The fourth-order valence-electron chi connectivity index (χ4n) is 1.67. The lowest BCUT2D eigenvalue weighted by molar-refractivity contribution is 0.538. The Bertz CT molecular complexity index is 482. The molecule has 2 aromatic rings. The Hall–Kier alpha value is -1.00. The first-order valence-electron chi connectivity index (χ1n) is 4.84. The number of benzene rings is 1. The van der Waals surface area contributed by atoms with Gasteiger partial charge in [-0.1, -0.05) is 12.1 Å². The summed E-state index contributed by atoms with van der Waals surface area (Å²) in [6.07, 6.45) is 2.05. The maximum atomic E-state index is 6.08. The van der Waals surface area contributed by atoms with Crippen LogP contribution < -0.4 is 5.73 Å². The van der Waals surface area contributed by atoms with Crippen molar-refractivity contribution in [1.82, 2.24) is 10.2 Å². The van der Waals surface area contributed by atoms with Gasteiger partial charge < -0.3 is 5.73 Å². The van der Waals surface area contributed by atoms with Crippen LogP contribution >= 0.6 is 11.8 Å². The first-order chi connectivity index (χ1) is 7.04. The van der Waals surface area contributed by atoms with Crippen LogP contribution in [0.4, 0.5) is 0 Å². The fraction of sp³-hybridized carbons (Fsp3) is 0.364. The molecule has 0 saturated carbocycles. The average molecular weight is 221 g/mol. The van der Waals surface area contributed by atoms with Crippen molar-refractivity contribution >= 4 is 22.7 Å². The molecular weight excluding hydrogens is 206 g/mol. The van der Waals surface area contributed by atoms with Gasteiger partial charge in [-0.3, -0.25) is 5.10 Å². The van der Waals surface area contributed by atoms with Gasteiger partial charge in [0.05, 0.1) is 11.2 Å². The third kappa shape index (κ3) is 1.75. The van der Waals surface area contributed by atoms with E-state index in [0.29, 0.717) is 0 Å². The van der Waals surface area contributed by atoms with E-state index < -0.39 is 0 Å². The summed E-state index contributed by atoms with van der Waals surface area (Å²) in [7, 11) is 0. The second-order valence-corrected chi connectivity index (χ2v) is 5.02. The van der Waals surface area contributed by atoms with Gasteiger partial charge in [0.1, 0.15) is 5.52 Å². The Morgan fingerprint density at radius 2 is 2.13 bits per heavy atom. The molecule has 4 heteroatoms. The predicted octanol–water partition coefficient (Wildman–Crippen LogP) is 2.48. The number of para-hydroxylation sites is 1. The first-order valence-corrected chi connectivity index (χ1v) is 6.07. The summed E-state index contributed by atoms with van der Waals surface area (Å²) in [5.74, 6) is 0. The van der Waals surface area contributed by atoms with Crippen molar-refractivity contribution in [2.24, 2.45) is 5.73 Å². The van der Waals surface area contributed by atoms with Crippen LogP contribution in [0.1, 0.15) is 19.5 Å². The molecule has 1 heterocycles. The van der Waals surface area contributed by atoms with Crippen molar-refractivity contribution in [1.29, 1.82) is 0 Å². The molecule has 0 bridgehead atoms. The van der Waals surface area contributed by atoms with Crippen LogP contribution in [0.25, 0.3) is 10.9 Å². The highest BCUT2D eigenvalue weighted by Gasteiger charge is 2.20. The quantitative estimate of drug-likeness (QED) is 0.766. The Morgan fingerprint density at radius 3 is 2.73 bits per heavy atom. The lowest BCUT2D eigenvalue weighted by Crippen LogP contribution is -2.29. The summed E-state index contributed by atoms with van der Waals surface area (Å²) in [6, 6.07) is 6.17. The van der Waals surface area contributed by atoms with E-state index in [1.807, 2.05) is 19.9 Å². The van der Waals surface area contributed by atoms with Crippen molar-refractivity contribution in [2.45, 2.75) is 24.3 Å². The van der Waals surface area contributed by atoms with Gasteiger partial charge in [-0.05, 0) is 26.2 Å². The summed E-state index contributed by atoms with van der Waals surface area (Å²) in [4.78, 5) is 1.18. The lowest BCUT2D eigenvalue weighted by atomic mass is 9.99. The highest BCUT2D eigenvalue weighted by molar-refractivity contribution is 7.98. The van der Waals surface area contributed by atoms with Gasteiger partial charge in [-0.15, -0.1) is 11.8 Å². The number of fused-ring (bicyclic) bond motifs is 1. The van der Waals surface area contributed by atoms with E-state index >= 15 is 0 Å². The van der Waals surface area contributed by atoms with Gasteiger partial charge in [-0.25, -0.2) is 0 Å². The molecule has 1 aromatic heterocycles. The maximum Gasteiger partial charge on any atom is 0.106 e. The number of aromatic nitrogens is 2. The molecule has 0 aliphatic rings. The average Bonchev–Trinajstić information content (AvgIpc) is 2.59. The van der Waals surface area contributed by atoms with Gasteiger partial charge in [0.15, 0.2) is 0 Å². The van der Waals surface area contributed by atoms with E-state index in [9.17, 15) is 0 Å². The maximum absolute atomic E-state index is 6.08. The van der Waals surface area contributed by atoms with Gasteiger partial charge in [0, 0.05) is 10.3 Å². The second-order valence-electron chi connectivity index (χ2n) is 4.18. The largest absolute Gasteiger partial charge is 0.321 e. The highest BCUT2D eigenvalue weighted by atomic mass is 32.2. The summed E-state index contributed by atoms with van der Waals surface area (Å²) >= 11 is 1.70. The summed E-state index contributed by atoms with van der Waals surface area (Å²) < 4.78 is 0. The zero-order chi connectivity index (χ0) is 11.1. The second kappa shape index (κ2) is 3.54. The summed E-state index contributed by atoms with van der Waals surface area (Å²) in [6.45, 7) is 3.96. The van der Waals surface area contributed by atoms with E-state index in [1.54, 1.807) is 11.8 Å². The minimum Gasteiger partial charge on any atom is -0.321 e. The molecule has 0 fully saturated rings. The normalized spacial score (nSPS) is 12.3. The number of nitrogens with two attached hydrogens (primary N) is 1. The topological polar surface area (TPSA) is 54.7 Å². The molecule has 0 amide bonds. The fourth-order valence-corrected chi connectivity index (χ4v) is 2.23. The van der Waals surface area contributed by atoms with Crippen molar-refractivity contribution in [3.05, 3.63) is 23.9 Å². The minimum absolute atomic E-state index is 0.383. The molecule has 3 N–H and O–H groups in total. The molecule has 3 nitrogen and oxygen atoms in total. The van der Waals surface area contributed by atoms with Gasteiger partial charge in [0.2, 0.25) is 0 Å². The van der Waals surface area contributed by atoms with E-state index in [4.69, 9.17) is 5.73 Å². The number of hydrogen-bond donors (Lipinski definition) is 2. The molecule has 0 aliphatic heterocycles. The molecule has 0 radical (unpaired) electrons. The summed E-state index contributed by atoms with van der Waals surface area (Å²) in [5.41, 5.74) is 7.70. The Balaban J connectivity index is 2.72. The molecule has 0 saturated heterocycles. The van der Waals surface area contributed by atoms with Crippen molar-refractivity contribution in [2.75, 3.05) is 6.26 Å². The van der Waals surface area contributed by atoms with Crippen LogP contribution in [0.15, 0.2) is 23.1 Å². The lowest BCUT2D eigenvalue weighted by Gasteiger charge is -2.16. The first kappa shape index (κ1) is 10.5. The van der Waals surface area contributed by atoms with Gasteiger partial charge in [0.25, 0.3) is 0 Å². The number of nitrogens with zero attached hydrogens (tertiary/aromatic N) is 1. The van der Waals surface area contributed by atoms with Gasteiger partial charge in [-0.2, -0.15) is 5.10 Å². The van der Waals surface area contributed by atoms with Crippen molar-refractivity contribution < 1.29 is 0 Å². The number of nitrogens with one attached hydrogen (secondary N) is 1. The van der Waals surface area contributed by atoms with Crippen molar-refractivity contribution in [3.8, 4) is 0 Å². The van der Waals surface area contributed by atoms with E-state index in [1.165, 1.54) is 4.90 Å². The third-order valence-electron chi connectivity index (χ3n) is 2.41. The molecule has 0 aliphatic carbocycles. The zero-order valence-electron chi connectivity index (χ0n) is 9.16. The summed E-state index contributed by atoms with van der Waals surface area (Å²) in [5, 5.41) is 8.49. The van der Waals surface area contributed by atoms with E-state index in [2.05, 4.69) is 28.6 Å². The number of hydrogen-bond acceptors (Lipinski definition) is 3. The Morgan fingerprint density at radius 1 is 1.40 bits per heavy atom. The molecule has 80 valence electrons. The Kier molecular flexibility index (Phi) is 2.48. The van der Waals surface area contributed by atoms with Gasteiger partial charge >= 0.3 is 0 Å². The van der Waals surface area contributed by atoms with Crippen LogP contribution in [-0.2, 0) is 5.54 Å². The van der Waals surface area contributed by atoms with Crippen LogP contribution in [0, 0.1) is 0 Å². The zero-order valence-corrected chi connectivity index (χ0v) is 9.98. The van der Waals surface area contributed by atoms with Crippen LogP contribution in [0.3, 0.4) is 0 Å². The predicted molar refractivity (Wildman–Crippen MR) is 65.1 cm³/mol. The SMILES string of the molecule is CSc1cccc2c(C(C)(C)N)[nH]nc12. The molecule has 0 atom stereocenters. The monoisotopic (exact) mass is 221 g/mol. The number of rotatable bonds is 2. The molecule has 1 aromatic carbocycles. The van der Waals surface area contributed by atoms with Crippen LogP contribution in [-0.4, -0.2) is 16.5 Å².